The maximum Gasteiger partial charge on any atom is 1.00 e. The Labute approximate surface area is 223 Å². The molecule has 174 valence electrons. The summed E-state index contributed by atoms with van der Waals surface area (Å²) < 4.78 is 9.89. The van der Waals surface area contributed by atoms with Crippen LogP contribution in [0.1, 0.15) is 47.5 Å². The minimum atomic E-state index is -1.54. The summed E-state index contributed by atoms with van der Waals surface area (Å²) in [7, 11) is 3.56. The first-order valence-electron chi connectivity index (χ1n) is 9.33. The van der Waals surface area contributed by atoms with E-state index < -0.39 is 24.0 Å². The average Bonchev–Trinajstić information content (AvgIpc) is 2.59. The van der Waals surface area contributed by atoms with Crippen molar-refractivity contribution in [1.29, 1.82) is 0 Å². The van der Waals surface area contributed by atoms with E-state index in [1.807, 2.05) is 11.9 Å². The number of rotatable bonds is 11. The van der Waals surface area contributed by atoms with Crippen LogP contribution in [0.25, 0.3) is 0 Å². The van der Waals surface area contributed by atoms with Gasteiger partial charge in [0, 0.05) is 45.4 Å². The summed E-state index contributed by atoms with van der Waals surface area (Å²) in [6, 6.07) is 0. The van der Waals surface area contributed by atoms with Crippen molar-refractivity contribution in [3.8, 4) is 0 Å². The van der Waals surface area contributed by atoms with Crippen molar-refractivity contribution in [2.24, 2.45) is 0 Å². The van der Waals surface area contributed by atoms with Crippen LogP contribution in [-0.2, 0) is 23.9 Å². The SMILES string of the molecule is CNC(C)(C)C.COCCCN(CCCO)CC(=O)OC(C)(C)C(=O)O.O=C[O-].[K+]. The molecule has 0 aromatic rings. The van der Waals surface area contributed by atoms with Crippen molar-refractivity contribution < 1.29 is 90.6 Å². The van der Waals surface area contributed by atoms with Gasteiger partial charge in [-0.1, -0.05) is 0 Å². The molecule has 0 aliphatic heterocycles. The van der Waals surface area contributed by atoms with E-state index in [-0.39, 0.29) is 64.5 Å². The van der Waals surface area contributed by atoms with Crippen molar-refractivity contribution in [1.82, 2.24) is 10.2 Å². The molecule has 0 atom stereocenters. The van der Waals surface area contributed by atoms with E-state index >= 15 is 0 Å². The van der Waals surface area contributed by atoms with Gasteiger partial charge in [-0.3, -0.25) is 9.69 Å². The topological polar surface area (TPSA) is 148 Å². The van der Waals surface area contributed by atoms with E-state index in [1.54, 1.807) is 7.11 Å². The van der Waals surface area contributed by atoms with Crippen LogP contribution in [0.3, 0.4) is 0 Å². The number of hydrogen-bond acceptors (Lipinski definition) is 9. The number of aliphatic hydroxyl groups excluding tert-OH is 1. The van der Waals surface area contributed by atoms with E-state index in [9.17, 15) is 9.59 Å². The summed E-state index contributed by atoms with van der Waals surface area (Å²) in [4.78, 5) is 32.7. The first-order chi connectivity index (χ1) is 13.3. The number of carbonyl (C=O) groups excluding carboxylic acids is 2. The molecule has 0 unspecified atom stereocenters. The number of aliphatic hydroxyl groups is 1. The second-order valence-electron chi connectivity index (χ2n) is 7.59. The number of aliphatic carboxylic acids is 1. The Hall–Kier alpha value is -0.114. The van der Waals surface area contributed by atoms with E-state index in [0.29, 0.717) is 31.7 Å². The fourth-order valence-corrected chi connectivity index (χ4v) is 1.54. The average molecular weight is 463 g/mol. The number of nitrogens with zero attached hydrogens (tertiary/aromatic N) is 1. The van der Waals surface area contributed by atoms with Crippen molar-refractivity contribution in [2.75, 3.05) is 47.0 Å². The molecule has 0 aliphatic carbocycles. The van der Waals surface area contributed by atoms with Gasteiger partial charge in [0.2, 0.25) is 5.60 Å². The molecule has 0 spiro atoms. The van der Waals surface area contributed by atoms with E-state index in [1.165, 1.54) is 13.8 Å². The number of ether oxygens (including phenoxy) is 2. The van der Waals surface area contributed by atoms with Gasteiger partial charge in [-0.05, 0) is 54.5 Å². The summed E-state index contributed by atoms with van der Waals surface area (Å²) in [5.74, 6) is -1.78. The Kier molecular flexibility index (Phi) is 27.4. The van der Waals surface area contributed by atoms with Gasteiger partial charge in [-0.15, -0.1) is 0 Å². The zero-order valence-corrected chi connectivity index (χ0v) is 22.9. The predicted molar refractivity (Wildman–Crippen MR) is 107 cm³/mol. The third-order valence-corrected chi connectivity index (χ3v) is 3.44. The van der Waals surface area contributed by atoms with Gasteiger partial charge in [0.05, 0.1) is 6.54 Å². The molecule has 0 heterocycles. The molecular formula is C19H39KN2O8. The zero-order chi connectivity index (χ0) is 23.5. The van der Waals surface area contributed by atoms with Crippen molar-refractivity contribution in [3.63, 3.8) is 0 Å². The number of nitrogens with one attached hydrogen (secondary N) is 1. The second-order valence-corrected chi connectivity index (χ2v) is 7.59. The Morgan fingerprint density at radius 2 is 1.57 bits per heavy atom. The van der Waals surface area contributed by atoms with Crippen molar-refractivity contribution in [3.05, 3.63) is 0 Å². The number of carboxylic acid groups (broad SMARTS) is 2. The van der Waals surface area contributed by atoms with Crippen LogP contribution >= 0.6 is 0 Å². The van der Waals surface area contributed by atoms with Crippen LogP contribution in [-0.4, -0.2) is 91.7 Å². The molecule has 0 aromatic heterocycles. The summed E-state index contributed by atoms with van der Waals surface area (Å²) in [6.45, 7) is 10.3. The van der Waals surface area contributed by atoms with E-state index in [4.69, 9.17) is 29.6 Å². The molecule has 0 saturated carbocycles. The minimum Gasteiger partial charge on any atom is -0.554 e. The second kappa shape index (κ2) is 22.1. The summed E-state index contributed by atoms with van der Waals surface area (Å²) in [6.07, 6.45) is 1.29. The molecule has 0 aliphatic rings. The normalized spacial score (nSPS) is 10.6. The molecule has 0 amide bonds. The molecule has 3 N–H and O–H groups in total. The van der Waals surface area contributed by atoms with Gasteiger partial charge in [0.25, 0.3) is 0 Å². The van der Waals surface area contributed by atoms with E-state index in [0.717, 1.165) is 6.42 Å². The van der Waals surface area contributed by atoms with Crippen LogP contribution in [0.2, 0.25) is 0 Å². The Morgan fingerprint density at radius 3 is 1.90 bits per heavy atom. The molecule has 30 heavy (non-hydrogen) atoms. The largest absolute Gasteiger partial charge is 1.00 e. The predicted octanol–water partition coefficient (Wildman–Crippen LogP) is -3.51. The third kappa shape index (κ3) is 27.9. The van der Waals surface area contributed by atoms with Crippen molar-refractivity contribution >= 4 is 18.4 Å². The Balaban J connectivity index is -0.000000284. The molecule has 0 rings (SSSR count). The minimum absolute atomic E-state index is 0. The van der Waals surface area contributed by atoms with Gasteiger partial charge < -0.3 is 34.9 Å². The number of hydrogen-bond donors (Lipinski definition) is 3. The number of esters is 1. The maximum absolute atomic E-state index is 11.7. The maximum atomic E-state index is 11.7. The van der Waals surface area contributed by atoms with Crippen molar-refractivity contribution in [2.45, 2.75) is 58.6 Å². The molecule has 0 saturated heterocycles. The van der Waals surface area contributed by atoms with Crippen LogP contribution in [0.15, 0.2) is 0 Å². The summed E-state index contributed by atoms with van der Waals surface area (Å²) in [5, 5.41) is 29.1. The first-order valence-corrected chi connectivity index (χ1v) is 9.33. The molecule has 0 aromatic carbocycles. The van der Waals surface area contributed by atoms with Gasteiger partial charge >= 0.3 is 63.3 Å². The van der Waals surface area contributed by atoms with E-state index in [2.05, 4.69) is 26.1 Å². The number of methoxy groups -OCH3 is 1. The molecule has 10 nitrogen and oxygen atoms in total. The number of carbonyl (C=O) groups is 3. The van der Waals surface area contributed by atoms with Gasteiger partial charge in [-0.25, -0.2) is 4.79 Å². The quantitative estimate of drug-likeness (QED) is 0.122. The van der Waals surface area contributed by atoms with Crippen LogP contribution in [0.5, 0.6) is 0 Å². The number of carboxylic acids is 1. The van der Waals surface area contributed by atoms with Crippen LogP contribution < -0.4 is 61.8 Å². The molecule has 11 heteroatoms. The molecule has 0 fully saturated rings. The molecule has 0 radical (unpaired) electrons. The first kappa shape index (κ1) is 37.2. The fourth-order valence-electron chi connectivity index (χ4n) is 1.54. The Morgan fingerprint density at radius 1 is 1.13 bits per heavy atom. The smallest absolute Gasteiger partial charge is 0.554 e. The molecule has 0 bridgehead atoms. The standard InChI is InChI=1S/C13H25NO6.C5H13N.CH2O2.K/c1-13(2,12(17)18)20-11(16)10-14(6-4-8-15)7-5-9-19-3;1-5(2,3)6-4;2-1-3;/h15H,4-10H2,1-3H3,(H,17,18);6H,1-4H3;1H,(H,2,3);/q;;;+1/p-1. The molecular weight excluding hydrogens is 423 g/mol. The fraction of sp³-hybridized carbons (Fsp3) is 0.842. The van der Waals surface area contributed by atoms with Gasteiger partial charge in [-0.2, -0.15) is 0 Å². The monoisotopic (exact) mass is 462 g/mol. The summed E-state index contributed by atoms with van der Waals surface area (Å²) in [5.41, 5.74) is -1.24. The third-order valence-electron chi connectivity index (χ3n) is 3.44. The summed E-state index contributed by atoms with van der Waals surface area (Å²) >= 11 is 0. The van der Waals surface area contributed by atoms with Gasteiger partial charge in [0.15, 0.2) is 0 Å². The zero-order valence-electron chi connectivity index (χ0n) is 19.8. The van der Waals surface area contributed by atoms with Crippen LogP contribution in [0.4, 0.5) is 0 Å². The van der Waals surface area contributed by atoms with Gasteiger partial charge in [0.1, 0.15) is 0 Å². The van der Waals surface area contributed by atoms with Crippen LogP contribution in [0, 0.1) is 0 Å². The Bertz CT molecular complexity index is 443.